The van der Waals surface area contributed by atoms with Crippen molar-refractivity contribution in [2.24, 2.45) is 0 Å². The largest absolute Gasteiger partial charge is 0.354 e. The van der Waals surface area contributed by atoms with Crippen molar-refractivity contribution in [1.29, 1.82) is 0 Å². The summed E-state index contributed by atoms with van der Waals surface area (Å²) in [6.07, 6.45) is 2.50. The number of anilines is 2. The number of carbonyl (C=O) groups excluding carboxylic acids is 1. The van der Waals surface area contributed by atoms with Gasteiger partial charge in [0.15, 0.2) is 0 Å². The second-order valence-electron chi connectivity index (χ2n) is 6.26. The van der Waals surface area contributed by atoms with E-state index in [4.69, 9.17) is 16.1 Å². The van der Waals surface area contributed by atoms with Crippen LogP contribution in [0.15, 0.2) is 22.9 Å². The first-order valence-electron chi connectivity index (χ1n) is 8.33. The van der Waals surface area contributed by atoms with E-state index in [9.17, 15) is 4.79 Å². The van der Waals surface area contributed by atoms with Gasteiger partial charge >= 0.3 is 0 Å². The summed E-state index contributed by atoms with van der Waals surface area (Å²) in [6.45, 7) is 5.81. The van der Waals surface area contributed by atoms with Crippen LogP contribution in [0.4, 0.5) is 11.5 Å². The van der Waals surface area contributed by atoms with Gasteiger partial charge in [-0.15, -0.1) is 0 Å². The standard InChI is InChI=1S/C17H22ClN5O2/c1-12-14(17(18)25-21-12)4-6-16(24)20-13-3-5-15(19-11-13)23-9-7-22(2)8-10-23/h3,5,11H,4,6-10H2,1-2H3,(H,20,24). The molecule has 0 unspecified atom stereocenters. The molecular formula is C17H22ClN5O2. The molecular weight excluding hydrogens is 342 g/mol. The maximum absolute atomic E-state index is 12.1. The second kappa shape index (κ2) is 7.84. The Morgan fingerprint density at radius 1 is 1.32 bits per heavy atom. The van der Waals surface area contributed by atoms with Crippen molar-refractivity contribution < 1.29 is 9.32 Å². The van der Waals surface area contributed by atoms with Gasteiger partial charge < -0.3 is 19.6 Å². The van der Waals surface area contributed by atoms with Crippen molar-refractivity contribution >= 4 is 29.0 Å². The number of aryl methyl sites for hydroxylation is 1. The van der Waals surface area contributed by atoms with Crippen LogP contribution in [0.5, 0.6) is 0 Å². The molecule has 8 heteroatoms. The number of nitrogens with one attached hydrogen (secondary N) is 1. The van der Waals surface area contributed by atoms with Gasteiger partial charge in [-0.3, -0.25) is 4.79 Å². The molecule has 2 aromatic heterocycles. The predicted octanol–water partition coefficient (Wildman–Crippen LogP) is 2.35. The molecule has 1 amide bonds. The van der Waals surface area contributed by atoms with E-state index in [-0.39, 0.29) is 11.1 Å². The lowest BCUT2D eigenvalue weighted by atomic mass is 10.1. The third-order valence-corrected chi connectivity index (χ3v) is 4.69. The van der Waals surface area contributed by atoms with Crippen molar-refractivity contribution in [3.63, 3.8) is 0 Å². The van der Waals surface area contributed by atoms with Crippen LogP contribution in [0.3, 0.4) is 0 Å². The number of hydrogen-bond acceptors (Lipinski definition) is 6. The molecule has 0 radical (unpaired) electrons. The molecule has 1 aliphatic rings. The van der Waals surface area contributed by atoms with E-state index < -0.39 is 0 Å². The Hall–Kier alpha value is -2.12. The summed E-state index contributed by atoms with van der Waals surface area (Å²) in [7, 11) is 2.12. The molecule has 2 aromatic rings. The van der Waals surface area contributed by atoms with Crippen LogP contribution in [-0.4, -0.2) is 54.2 Å². The molecule has 1 N–H and O–H groups in total. The molecule has 1 fully saturated rings. The highest BCUT2D eigenvalue weighted by Gasteiger charge is 2.16. The fraction of sp³-hybridized carbons (Fsp3) is 0.471. The number of amides is 1. The van der Waals surface area contributed by atoms with Crippen LogP contribution in [0, 0.1) is 6.92 Å². The molecule has 0 aliphatic carbocycles. The Balaban J connectivity index is 1.52. The maximum atomic E-state index is 12.1. The summed E-state index contributed by atoms with van der Waals surface area (Å²) in [5.74, 6) is 0.851. The van der Waals surface area contributed by atoms with Gasteiger partial charge in [0, 0.05) is 38.2 Å². The summed E-state index contributed by atoms with van der Waals surface area (Å²) in [5.41, 5.74) is 2.19. The molecule has 0 saturated carbocycles. The first-order chi connectivity index (χ1) is 12.0. The lowest BCUT2D eigenvalue weighted by molar-refractivity contribution is -0.116. The maximum Gasteiger partial charge on any atom is 0.229 e. The minimum absolute atomic E-state index is 0.0918. The van der Waals surface area contributed by atoms with E-state index in [1.54, 1.807) is 6.20 Å². The van der Waals surface area contributed by atoms with E-state index in [2.05, 4.69) is 32.3 Å². The predicted molar refractivity (Wildman–Crippen MR) is 97.1 cm³/mol. The van der Waals surface area contributed by atoms with E-state index in [0.717, 1.165) is 43.3 Å². The van der Waals surface area contributed by atoms with Crippen LogP contribution in [-0.2, 0) is 11.2 Å². The number of nitrogens with zero attached hydrogens (tertiary/aromatic N) is 4. The van der Waals surface area contributed by atoms with Gasteiger partial charge in [-0.2, -0.15) is 0 Å². The monoisotopic (exact) mass is 363 g/mol. The number of rotatable bonds is 5. The summed E-state index contributed by atoms with van der Waals surface area (Å²) < 4.78 is 4.89. The van der Waals surface area contributed by atoms with Gasteiger partial charge in [0.2, 0.25) is 11.1 Å². The van der Waals surface area contributed by atoms with E-state index in [1.165, 1.54) is 0 Å². The zero-order valence-corrected chi connectivity index (χ0v) is 15.2. The van der Waals surface area contributed by atoms with Crippen LogP contribution >= 0.6 is 11.6 Å². The number of carbonyl (C=O) groups is 1. The third kappa shape index (κ3) is 4.49. The van der Waals surface area contributed by atoms with Gasteiger partial charge in [0.25, 0.3) is 0 Å². The normalized spacial score (nSPS) is 15.4. The van der Waals surface area contributed by atoms with Crippen molar-refractivity contribution in [3.8, 4) is 0 Å². The highest BCUT2D eigenvalue weighted by molar-refractivity contribution is 6.29. The Morgan fingerprint density at radius 2 is 2.08 bits per heavy atom. The number of pyridine rings is 1. The van der Waals surface area contributed by atoms with Crippen molar-refractivity contribution in [2.75, 3.05) is 43.4 Å². The molecule has 3 heterocycles. The fourth-order valence-electron chi connectivity index (χ4n) is 2.78. The van der Waals surface area contributed by atoms with Gasteiger partial charge in [-0.05, 0) is 44.1 Å². The zero-order chi connectivity index (χ0) is 17.8. The zero-order valence-electron chi connectivity index (χ0n) is 14.5. The number of likely N-dealkylation sites (N-methyl/N-ethyl adjacent to an activating group) is 1. The highest BCUT2D eigenvalue weighted by Crippen LogP contribution is 2.21. The Bertz CT molecular complexity index is 704. The van der Waals surface area contributed by atoms with Gasteiger partial charge in [0.05, 0.1) is 17.6 Å². The van der Waals surface area contributed by atoms with E-state index in [1.807, 2.05) is 19.1 Å². The van der Waals surface area contributed by atoms with Crippen LogP contribution in [0.1, 0.15) is 17.7 Å². The lowest BCUT2D eigenvalue weighted by Gasteiger charge is -2.33. The fourth-order valence-corrected chi connectivity index (χ4v) is 3.05. The Labute approximate surface area is 151 Å². The van der Waals surface area contributed by atoms with Crippen molar-refractivity contribution in [1.82, 2.24) is 15.0 Å². The van der Waals surface area contributed by atoms with Gasteiger partial charge in [-0.25, -0.2) is 4.98 Å². The third-order valence-electron chi connectivity index (χ3n) is 4.40. The summed E-state index contributed by atoms with van der Waals surface area (Å²) in [5, 5.41) is 6.89. The van der Waals surface area contributed by atoms with Crippen molar-refractivity contribution in [2.45, 2.75) is 19.8 Å². The smallest absolute Gasteiger partial charge is 0.229 e. The minimum Gasteiger partial charge on any atom is -0.354 e. The molecule has 0 spiro atoms. The molecule has 0 aromatic carbocycles. The van der Waals surface area contributed by atoms with Crippen LogP contribution < -0.4 is 10.2 Å². The first kappa shape index (κ1) is 17.7. The first-order valence-corrected chi connectivity index (χ1v) is 8.71. The van der Waals surface area contributed by atoms with Crippen LogP contribution in [0.25, 0.3) is 0 Å². The highest BCUT2D eigenvalue weighted by atomic mass is 35.5. The van der Waals surface area contributed by atoms with E-state index >= 15 is 0 Å². The number of halogens is 1. The molecule has 0 bridgehead atoms. The molecule has 1 saturated heterocycles. The lowest BCUT2D eigenvalue weighted by Crippen LogP contribution is -2.44. The Kier molecular flexibility index (Phi) is 5.55. The molecule has 0 atom stereocenters. The second-order valence-corrected chi connectivity index (χ2v) is 6.61. The molecule has 1 aliphatic heterocycles. The molecule has 7 nitrogen and oxygen atoms in total. The molecule has 25 heavy (non-hydrogen) atoms. The molecule has 134 valence electrons. The van der Waals surface area contributed by atoms with Crippen LogP contribution in [0.2, 0.25) is 5.22 Å². The average molecular weight is 364 g/mol. The number of piperazine rings is 1. The Morgan fingerprint density at radius 3 is 2.68 bits per heavy atom. The number of aromatic nitrogens is 2. The molecule has 3 rings (SSSR count). The van der Waals surface area contributed by atoms with Gasteiger partial charge in [0.1, 0.15) is 5.82 Å². The summed E-state index contributed by atoms with van der Waals surface area (Å²) >= 11 is 5.91. The minimum atomic E-state index is -0.0918. The topological polar surface area (TPSA) is 74.5 Å². The number of hydrogen-bond donors (Lipinski definition) is 1. The van der Waals surface area contributed by atoms with Gasteiger partial charge in [-0.1, -0.05) is 5.16 Å². The summed E-state index contributed by atoms with van der Waals surface area (Å²) in [6, 6.07) is 3.83. The summed E-state index contributed by atoms with van der Waals surface area (Å²) in [4.78, 5) is 21.1. The van der Waals surface area contributed by atoms with E-state index in [0.29, 0.717) is 18.5 Å². The SMILES string of the molecule is Cc1noc(Cl)c1CCC(=O)Nc1ccc(N2CCN(C)CC2)nc1. The van der Waals surface area contributed by atoms with Crippen molar-refractivity contribution in [3.05, 3.63) is 34.8 Å². The quantitative estimate of drug-likeness (QED) is 0.879. The average Bonchev–Trinajstić information content (AvgIpc) is 2.93.